The minimum Gasteiger partial charge on any atom is -0.507 e. The highest BCUT2D eigenvalue weighted by Gasteiger charge is 2.27. The lowest BCUT2D eigenvalue weighted by molar-refractivity contribution is -0.110. The van der Waals surface area contributed by atoms with E-state index >= 15 is 0 Å². The van der Waals surface area contributed by atoms with Crippen molar-refractivity contribution in [3.8, 4) is 33.8 Å². The van der Waals surface area contributed by atoms with E-state index in [0.29, 0.717) is 28.3 Å². The number of anilines is 2. The largest absolute Gasteiger partial charge is 0.507 e. The van der Waals surface area contributed by atoms with Crippen molar-refractivity contribution < 1.29 is 14.6 Å². The number of ether oxygens (including phenoxy) is 1. The topological polar surface area (TPSA) is 96.9 Å². The third-order valence-electron chi connectivity index (χ3n) is 6.74. The third-order valence-corrected chi connectivity index (χ3v) is 6.74. The molecule has 0 radical (unpaired) electrons. The normalized spacial score (nSPS) is 12.8. The Labute approximate surface area is 258 Å². The fourth-order valence-electron chi connectivity index (χ4n) is 4.88. The van der Waals surface area contributed by atoms with Gasteiger partial charge in [-0.3, -0.25) is 9.79 Å². The van der Waals surface area contributed by atoms with E-state index in [9.17, 15) is 9.90 Å². The summed E-state index contributed by atoms with van der Waals surface area (Å²) in [7, 11) is 1.59. The van der Waals surface area contributed by atoms with Gasteiger partial charge in [-0.1, -0.05) is 89.1 Å². The molecule has 230 valence electrons. The van der Waals surface area contributed by atoms with Gasteiger partial charge < -0.3 is 20.9 Å². The molecule has 0 aliphatic carbocycles. The van der Waals surface area contributed by atoms with Crippen molar-refractivity contribution in [1.29, 1.82) is 0 Å². The van der Waals surface area contributed by atoms with Crippen LogP contribution in [0.5, 0.6) is 11.5 Å². The molecule has 0 fully saturated rings. The Bertz CT molecular complexity index is 1490. The number of nitrogens with zero attached hydrogens (tertiary/aromatic N) is 1. The highest BCUT2D eigenvalue weighted by Crippen LogP contribution is 2.42. The van der Waals surface area contributed by atoms with Crippen molar-refractivity contribution in [2.45, 2.75) is 68.7 Å². The van der Waals surface area contributed by atoms with Crippen LogP contribution >= 0.6 is 0 Å². The maximum Gasteiger partial charge on any atom is 0.256 e. The summed E-state index contributed by atoms with van der Waals surface area (Å²) in [6, 6.07) is 16.9. The van der Waals surface area contributed by atoms with Gasteiger partial charge in [0.05, 0.1) is 25.0 Å². The summed E-state index contributed by atoms with van der Waals surface area (Å²) in [5.74, 6) is 1.35. The molecule has 2 aliphatic rings. The highest BCUT2D eigenvalue weighted by molar-refractivity contribution is 6.32. The molecule has 0 aromatic heterocycles. The van der Waals surface area contributed by atoms with Crippen LogP contribution in [0.2, 0.25) is 0 Å². The number of hydrogen-bond acceptors (Lipinski definition) is 5. The van der Waals surface area contributed by atoms with Crippen molar-refractivity contribution in [2.24, 2.45) is 10.9 Å². The summed E-state index contributed by atoms with van der Waals surface area (Å²) in [5, 5.41) is 13.3. The zero-order chi connectivity index (χ0) is 32.3. The van der Waals surface area contributed by atoms with Crippen molar-refractivity contribution in [3.05, 3.63) is 77.4 Å². The molecular formula is C37H49N3O3. The first-order chi connectivity index (χ1) is 20.6. The number of phenols is 1. The number of para-hydroxylation sites is 1. The van der Waals surface area contributed by atoms with Gasteiger partial charge in [-0.15, -0.1) is 0 Å². The van der Waals surface area contributed by atoms with E-state index in [1.807, 2.05) is 90.1 Å². The number of hydrogen-bond donors (Lipinski definition) is 3. The number of nitrogens with two attached hydrogens (primary N) is 1. The summed E-state index contributed by atoms with van der Waals surface area (Å²) in [6.07, 6.45) is 3.34. The van der Waals surface area contributed by atoms with E-state index in [4.69, 9.17) is 10.5 Å². The van der Waals surface area contributed by atoms with E-state index in [1.165, 1.54) is 11.3 Å². The Morgan fingerprint density at radius 3 is 2.09 bits per heavy atom. The molecule has 2 aliphatic heterocycles. The summed E-state index contributed by atoms with van der Waals surface area (Å²) < 4.78 is 5.30. The molecular weight excluding hydrogens is 534 g/mol. The Morgan fingerprint density at radius 2 is 1.58 bits per heavy atom. The van der Waals surface area contributed by atoms with Crippen molar-refractivity contribution in [2.75, 3.05) is 24.7 Å². The molecule has 43 heavy (non-hydrogen) atoms. The predicted octanol–water partition coefficient (Wildman–Crippen LogP) is 9.55. The van der Waals surface area contributed by atoms with Crippen LogP contribution in [-0.4, -0.2) is 30.4 Å². The van der Waals surface area contributed by atoms with Crippen LogP contribution in [0.1, 0.15) is 74.3 Å². The Morgan fingerprint density at radius 1 is 0.977 bits per heavy atom. The summed E-state index contributed by atoms with van der Waals surface area (Å²) in [5.41, 5.74) is 15.9. The Kier molecular flexibility index (Phi) is 13.3. The van der Waals surface area contributed by atoms with E-state index in [2.05, 4.69) is 37.2 Å². The number of amides is 1. The number of methoxy groups -OCH3 is 1. The van der Waals surface area contributed by atoms with Crippen LogP contribution in [0.15, 0.2) is 76.8 Å². The lowest BCUT2D eigenvalue weighted by Gasteiger charge is -2.12. The SMILES string of the molecule is CC.CC.CC1=CC(CC(C)C)=NC1.COc1cccc(-c2ccc(-c3cc4c(cc3O)NC(=O)C4=C(C)C)cc2)c1N. The maximum atomic E-state index is 12.2. The lowest BCUT2D eigenvalue weighted by atomic mass is 9.95. The molecule has 5 rings (SSSR count). The number of nitrogen functional groups attached to an aromatic ring is 1. The van der Waals surface area contributed by atoms with Crippen LogP contribution in [-0.2, 0) is 4.79 Å². The van der Waals surface area contributed by atoms with Crippen molar-refractivity contribution in [1.82, 2.24) is 0 Å². The molecule has 0 atom stereocenters. The first-order valence-corrected chi connectivity index (χ1v) is 15.2. The molecule has 0 spiro atoms. The maximum absolute atomic E-state index is 12.2. The molecule has 4 N–H and O–H groups in total. The second-order valence-electron chi connectivity index (χ2n) is 10.6. The monoisotopic (exact) mass is 583 g/mol. The first-order valence-electron chi connectivity index (χ1n) is 15.2. The average Bonchev–Trinajstić information content (AvgIpc) is 3.55. The first kappa shape index (κ1) is 34.9. The molecule has 6 nitrogen and oxygen atoms in total. The fraction of sp³-hybridized carbons (Fsp3) is 0.351. The van der Waals surface area contributed by atoms with Crippen LogP contribution in [0.3, 0.4) is 0 Å². The number of fused-ring (bicyclic) bond motifs is 1. The second-order valence-corrected chi connectivity index (χ2v) is 10.6. The molecule has 3 aromatic rings. The predicted molar refractivity (Wildman–Crippen MR) is 185 cm³/mol. The second kappa shape index (κ2) is 16.4. The van der Waals surface area contributed by atoms with E-state index < -0.39 is 0 Å². The highest BCUT2D eigenvalue weighted by atomic mass is 16.5. The van der Waals surface area contributed by atoms with Gasteiger partial charge in [0.25, 0.3) is 5.91 Å². The summed E-state index contributed by atoms with van der Waals surface area (Å²) in [6.45, 7) is 19.3. The van der Waals surface area contributed by atoms with Gasteiger partial charge in [-0.2, -0.15) is 0 Å². The number of benzene rings is 3. The van der Waals surface area contributed by atoms with Gasteiger partial charge in [0.15, 0.2) is 0 Å². The van der Waals surface area contributed by atoms with E-state index in [0.717, 1.165) is 46.7 Å². The number of aromatic hydroxyl groups is 1. The molecule has 2 heterocycles. The third kappa shape index (κ3) is 8.60. The molecule has 1 amide bonds. The lowest BCUT2D eigenvalue weighted by Crippen LogP contribution is -2.04. The quantitative estimate of drug-likeness (QED) is 0.206. The van der Waals surface area contributed by atoms with Gasteiger partial charge in [-0.05, 0) is 62.4 Å². The van der Waals surface area contributed by atoms with Crippen LogP contribution in [0, 0.1) is 5.92 Å². The van der Waals surface area contributed by atoms with Crippen molar-refractivity contribution >= 4 is 28.6 Å². The van der Waals surface area contributed by atoms with Crippen molar-refractivity contribution in [3.63, 3.8) is 0 Å². The zero-order valence-corrected chi connectivity index (χ0v) is 27.6. The van der Waals surface area contributed by atoms with Crippen LogP contribution in [0.4, 0.5) is 11.4 Å². The zero-order valence-electron chi connectivity index (χ0n) is 27.6. The number of carbonyl (C=O) groups excluding carboxylic acids is 1. The number of aliphatic imine (C=N–C) groups is 1. The van der Waals surface area contributed by atoms with Gasteiger partial charge >= 0.3 is 0 Å². The molecule has 0 saturated heterocycles. The number of allylic oxidation sites excluding steroid dienone is 2. The minimum atomic E-state index is -0.139. The van der Waals surface area contributed by atoms with E-state index in [1.54, 1.807) is 13.2 Å². The van der Waals surface area contributed by atoms with Crippen LogP contribution < -0.4 is 15.8 Å². The molecule has 0 bridgehead atoms. The number of nitrogens with one attached hydrogen (secondary N) is 1. The smallest absolute Gasteiger partial charge is 0.256 e. The van der Waals surface area contributed by atoms with E-state index in [-0.39, 0.29) is 11.7 Å². The van der Waals surface area contributed by atoms with Gasteiger partial charge in [0, 0.05) is 34.0 Å². The Hall–Kier alpha value is -4.32. The number of rotatable bonds is 5. The fourth-order valence-corrected chi connectivity index (χ4v) is 4.88. The Balaban J connectivity index is 0.000000387. The van der Waals surface area contributed by atoms with Gasteiger partial charge in [-0.25, -0.2) is 0 Å². The average molecular weight is 584 g/mol. The molecule has 0 saturated carbocycles. The van der Waals surface area contributed by atoms with Gasteiger partial charge in [0.1, 0.15) is 11.5 Å². The standard InChI is InChI=1S/C24H22N2O3.C9H15N.2C2H6/c1-13(2)22-18-11-17(20(27)12-19(18)26-24(22)28)15-9-7-14(8-10-15)16-5-4-6-21(29-3)23(16)25;1-7(2)4-9-5-8(3)6-10-9;2*1-2/h4-12,27H,25H2,1-3H3,(H,26,28);5,7H,4,6H2,1-3H3;2*1-2H3. The number of carbonyl (C=O) groups is 1. The molecule has 6 heteroatoms. The van der Waals surface area contributed by atoms with Gasteiger partial charge in [0.2, 0.25) is 0 Å². The molecule has 0 unspecified atom stereocenters. The molecule has 3 aromatic carbocycles. The number of phenolic OH excluding ortho intramolecular Hbond substituents is 1. The summed E-state index contributed by atoms with van der Waals surface area (Å²) in [4.78, 5) is 16.6. The summed E-state index contributed by atoms with van der Waals surface area (Å²) >= 11 is 0. The minimum absolute atomic E-state index is 0.118. The van der Waals surface area contributed by atoms with Crippen LogP contribution in [0.25, 0.3) is 27.8 Å².